The number of piperidine rings is 1. The minimum Gasteiger partial charge on any atom is -0.382 e. The van der Waals surface area contributed by atoms with Crippen molar-refractivity contribution < 1.29 is 4.79 Å². The highest BCUT2D eigenvalue weighted by Gasteiger charge is 2.25. The van der Waals surface area contributed by atoms with Gasteiger partial charge in [-0.1, -0.05) is 30.3 Å². The molecule has 1 aliphatic heterocycles. The minimum atomic E-state index is -0.0999. The highest BCUT2D eigenvalue weighted by molar-refractivity contribution is 5.96. The topological polar surface area (TPSA) is 72.1 Å². The van der Waals surface area contributed by atoms with E-state index in [1.165, 1.54) is 24.4 Å². The van der Waals surface area contributed by atoms with Gasteiger partial charge in [0.1, 0.15) is 0 Å². The van der Waals surface area contributed by atoms with Crippen LogP contribution in [0.15, 0.2) is 42.7 Å². The predicted molar refractivity (Wildman–Crippen MR) is 89.8 cm³/mol. The predicted octanol–water partition coefficient (Wildman–Crippen LogP) is 2.54. The van der Waals surface area contributed by atoms with Crippen molar-refractivity contribution in [2.24, 2.45) is 5.92 Å². The quantitative estimate of drug-likeness (QED) is 0.942. The third-order valence-electron chi connectivity index (χ3n) is 4.51. The summed E-state index contributed by atoms with van der Waals surface area (Å²) in [6.07, 6.45) is 7.38. The zero-order chi connectivity index (χ0) is 16.1. The monoisotopic (exact) mass is 310 g/mol. The summed E-state index contributed by atoms with van der Waals surface area (Å²) in [4.78, 5) is 22.3. The van der Waals surface area contributed by atoms with E-state index in [9.17, 15) is 4.79 Å². The number of rotatable bonds is 4. The Hall–Kier alpha value is -2.43. The largest absolute Gasteiger partial charge is 0.382 e. The van der Waals surface area contributed by atoms with E-state index in [2.05, 4.69) is 34.2 Å². The van der Waals surface area contributed by atoms with E-state index < -0.39 is 0 Å². The molecule has 1 fully saturated rings. The average molecular weight is 310 g/mol. The van der Waals surface area contributed by atoms with Gasteiger partial charge < -0.3 is 10.6 Å². The molecular weight excluding hydrogens is 288 g/mol. The number of likely N-dealkylation sites (tertiary alicyclic amines) is 1. The summed E-state index contributed by atoms with van der Waals surface area (Å²) in [5, 5.41) is 0. The number of carbonyl (C=O) groups excluding carboxylic acids is 1. The smallest absolute Gasteiger partial charge is 0.276 e. The second-order valence-electron chi connectivity index (χ2n) is 6.05. The van der Waals surface area contributed by atoms with Crippen LogP contribution in [0.4, 0.5) is 5.82 Å². The maximum atomic E-state index is 12.5. The van der Waals surface area contributed by atoms with Crippen LogP contribution in [-0.4, -0.2) is 33.9 Å². The number of carbonyl (C=O) groups is 1. The molecule has 1 aromatic carbocycles. The van der Waals surface area contributed by atoms with Crippen LogP contribution in [0.5, 0.6) is 0 Å². The Kier molecular flexibility index (Phi) is 4.86. The average Bonchev–Trinajstić information content (AvgIpc) is 2.61. The molecule has 0 atom stereocenters. The molecule has 120 valence electrons. The van der Waals surface area contributed by atoms with Crippen LogP contribution in [0.2, 0.25) is 0 Å². The summed E-state index contributed by atoms with van der Waals surface area (Å²) in [7, 11) is 0. The van der Waals surface area contributed by atoms with Gasteiger partial charge in [-0.2, -0.15) is 0 Å². The Morgan fingerprint density at radius 3 is 2.52 bits per heavy atom. The molecule has 5 nitrogen and oxygen atoms in total. The normalized spacial score (nSPS) is 15.6. The highest BCUT2D eigenvalue weighted by atomic mass is 16.2. The summed E-state index contributed by atoms with van der Waals surface area (Å²) in [6.45, 7) is 1.54. The van der Waals surface area contributed by atoms with Gasteiger partial charge in [0.2, 0.25) is 0 Å². The molecule has 2 aromatic rings. The molecule has 23 heavy (non-hydrogen) atoms. The summed E-state index contributed by atoms with van der Waals surface area (Å²) < 4.78 is 0. The van der Waals surface area contributed by atoms with Crippen molar-refractivity contribution in [2.75, 3.05) is 18.8 Å². The zero-order valence-corrected chi connectivity index (χ0v) is 13.2. The van der Waals surface area contributed by atoms with Gasteiger partial charge in [-0.3, -0.25) is 4.79 Å². The first-order valence-corrected chi connectivity index (χ1v) is 8.13. The van der Waals surface area contributed by atoms with Crippen molar-refractivity contribution in [3.05, 3.63) is 54.0 Å². The van der Waals surface area contributed by atoms with Gasteiger partial charge in [0.25, 0.3) is 5.91 Å². The van der Waals surface area contributed by atoms with Crippen molar-refractivity contribution in [3.63, 3.8) is 0 Å². The van der Waals surface area contributed by atoms with E-state index in [1.54, 1.807) is 0 Å². The van der Waals surface area contributed by atoms with Crippen LogP contribution in [0, 0.1) is 5.92 Å². The van der Waals surface area contributed by atoms with E-state index in [0.29, 0.717) is 5.92 Å². The maximum Gasteiger partial charge on any atom is 0.276 e. The van der Waals surface area contributed by atoms with Crippen LogP contribution in [0.25, 0.3) is 0 Å². The number of aryl methyl sites for hydroxylation is 1. The highest BCUT2D eigenvalue weighted by Crippen LogP contribution is 2.23. The summed E-state index contributed by atoms with van der Waals surface area (Å²) >= 11 is 0. The van der Waals surface area contributed by atoms with E-state index in [0.717, 1.165) is 32.4 Å². The number of nitrogens with two attached hydrogens (primary N) is 1. The van der Waals surface area contributed by atoms with Crippen molar-refractivity contribution in [2.45, 2.75) is 25.7 Å². The minimum absolute atomic E-state index is 0.0999. The Labute approximate surface area is 136 Å². The molecule has 0 unspecified atom stereocenters. The lowest BCUT2D eigenvalue weighted by Crippen LogP contribution is -2.39. The second-order valence-corrected chi connectivity index (χ2v) is 6.05. The van der Waals surface area contributed by atoms with Gasteiger partial charge in [-0.15, -0.1) is 0 Å². The first-order valence-electron chi connectivity index (χ1n) is 8.13. The Morgan fingerprint density at radius 2 is 1.83 bits per heavy atom. The lowest BCUT2D eigenvalue weighted by atomic mass is 9.90. The molecule has 2 heterocycles. The van der Waals surface area contributed by atoms with Crippen LogP contribution in [0.1, 0.15) is 35.3 Å². The number of hydrogen-bond acceptors (Lipinski definition) is 4. The number of aromatic nitrogens is 2. The molecule has 1 aliphatic rings. The number of benzene rings is 1. The number of anilines is 1. The SMILES string of the molecule is Nc1nccnc1C(=O)N1CCC(CCc2ccccc2)CC1. The Bertz CT molecular complexity index is 651. The second kappa shape index (κ2) is 7.22. The Morgan fingerprint density at radius 1 is 1.13 bits per heavy atom. The number of hydrogen-bond donors (Lipinski definition) is 1. The molecule has 0 spiro atoms. The summed E-state index contributed by atoms with van der Waals surface area (Å²) in [6, 6.07) is 10.6. The molecule has 1 aromatic heterocycles. The zero-order valence-electron chi connectivity index (χ0n) is 13.2. The molecule has 0 saturated carbocycles. The number of amides is 1. The molecule has 1 saturated heterocycles. The molecule has 0 bridgehead atoms. The lowest BCUT2D eigenvalue weighted by molar-refractivity contribution is 0.0682. The third kappa shape index (κ3) is 3.86. The molecule has 2 N–H and O–H groups in total. The van der Waals surface area contributed by atoms with Gasteiger partial charge in [0, 0.05) is 25.5 Å². The van der Waals surface area contributed by atoms with E-state index in [-0.39, 0.29) is 17.4 Å². The third-order valence-corrected chi connectivity index (χ3v) is 4.51. The molecule has 5 heteroatoms. The first kappa shape index (κ1) is 15.5. The van der Waals surface area contributed by atoms with Crippen LogP contribution in [-0.2, 0) is 6.42 Å². The molecule has 3 rings (SSSR count). The fourth-order valence-electron chi connectivity index (χ4n) is 3.10. The summed E-state index contributed by atoms with van der Waals surface area (Å²) in [5.74, 6) is 0.791. The Balaban J connectivity index is 1.50. The van der Waals surface area contributed by atoms with Gasteiger partial charge in [-0.25, -0.2) is 9.97 Å². The van der Waals surface area contributed by atoms with Gasteiger partial charge in [0.05, 0.1) is 0 Å². The van der Waals surface area contributed by atoms with E-state index in [4.69, 9.17) is 5.73 Å². The van der Waals surface area contributed by atoms with Crippen molar-refractivity contribution in [3.8, 4) is 0 Å². The number of nitrogens with zero attached hydrogens (tertiary/aromatic N) is 3. The summed E-state index contributed by atoms with van der Waals surface area (Å²) in [5.41, 5.74) is 7.41. The van der Waals surface area contributed by atoms with Crippen molar-refractivity contribution >= 4 is 11.7 Å². The first-order chi connectivity index (χ1) is 11.2. The van der Waals surface area contributed by atoms with E-state index in [1.807, 2.05) is 11.0 Å². The van der Waals surface area contributed by atoms with Crippen LogP contribution in [0.3, 0.4) is 0 Å². The van der Waals surface area contributed by atoms with Gasteiger partial charge in [0.15, 0.2) is 11.5 Å². The van der Waals surface area contributed by atoms with Crippen LogP contribution >= 0.6 is 0 Å². The molecular formula is C18H22N4O. The fourth-order valence-corrected chi connectivity index (χ4v) is 3.10. The fraction of sp³-hybridized carbons (Fsp3) is 0.389. The molecule has 0 radical (unpaired) electrons. The number of nitrogen functional groups attached to an aromatic ring is 1. The van der Waals surface area contributed by atoms with E-state index >= 15 is 0 Å². The van der Waals surface area contributed by atoms with Gasteiger partial charge in [-0.05, 0) is 37.2 Å². The van der Waals surface area contributed by atoms with Crippen molar-refractivity contribution in [1.82, 2.24) is 14.9 Å². The lowest BCUT2D eigenvalue weighted by Gasteiger charge is -2.32. The van der Waals surface area contributed by atoms with Crippen molar-refractivity contribution in [1.29, 1.82) is 0 Å². The molecule has 1 amide bonds. The maximum absolute atomic E-state index is 12.5. The van der Waals surface area contributed by atoms with Gasteiger partial charge >= 0.3 is 0 Å². The standard InChI is InChI=1S/C18H22N4O/c19-17-16(20-10-11-21-17)18(23)22-12-8-15(9-13-22)7-6-14-4-2-1-3-5-14/h1-5,10-11,15H,6-9,12-13H2,(H2,19,21). The van der Waals surface area contributed by atoms with Crippen LogP contribution < -0.4 is 5.73 Å². The molecule has 0 aliphatic carbocycles.